The highest BCUT2D eigenvalue weighted by Crippen LogP contribution is 2.27. The van der Waals surface area contributed by atoms with Crippen LogP contribution in [0.4, 0.5) is 5.82 Å². The number of rotatable bonds is 4. The molecule has 1 fully saturated rings. The van der Waals surface area contributed by atoms with Crippen LogP contribution < -0.4 is 5.32 Å². The molecule has 0 bridgehead atoms. The van der Waals surface area contributed by atoms with Gasteiger partial charge in [0, 0.05) is 12.0 Å². The van der Waals surface area contributed by atoms with E-state index >= 15 is 0 Å². The second-order valence-electron chi connectivity index (χ2n) is 6.45. The molecule has 5 nitrogen and oxygen atoms in total. The smallest absolute Gasteiger partial charge is 0.152 e. The number of nitrogens with one attached hydrogen (secondary N) is 1. The van der Waals surface area contributed by atoms with Gasteiger partial charge in [0.1, 0.15) is 11.5 Å². The lowest BCUT2D eigenvalue weighted by atomic mass is 9.97. The summed E-state index contributed by atoms with van der Waals surface area (Å²) in [5.41, 5.74) is 2.17. The van der Waals surface area contributed by atoms with Crippen molar-refractivity contribution in [2.24, 2.45) is 0 Å². The summed E-state index contributed by atoms with van der Waals surface area (Å²) >= 11 is 0. The monoisotopic (exact) mass is 311 g/mol. The Kier molecular flexibility index (Phi) is 4.86. The Labute approximate surface area is 138 Å². The molecule has 0 amide bonds. The number of hydrogen-bond donors (Lipinski definition) is 1. The van der Waals surface area contributed by atoms with E-state index in [1.54, 1.807) is 0 Å². The first kappa shape index (κ1) is 15.9. The normalized spacial score (nSPS) is 17.9. The molecule has 1 saturated heterocycles. The standard InChI is InChI=1S/C18H25N5/c1-13(15-7-5-4-6-8-15)17-18(19-14(2)21-22-17)20-16-9-11-23(3)12-10-16/h4-8,13,16H,9-12H2,1-3H3,(H,19,20,21). The fourth-order valence-electron chi connectivity index (χ4n) is 3.06. The van der Waals surface area contributed by atoms with Crippen molar-refractivity contribution in [2.45, 2.75) is 38.6 Å². The Morgan fingerprint density at radius 3 is 2.52 bits per heavy atom. The first-order valence-electron chi connectivity index (χ1n) is 8.34. The van der Waals surface area contributed by atoms with Gasteiger partial charge in [0.15, 0.2) is 5.82 Å². The van der Waals surface area contributed by atoms with E-state index in [0.717, 1.165) is 37.4 Å². The summed E-state index contributed by atoms with van der Waals surface area (Å²) in [6, 6.07) is 10.9. The van der Waals surface area contributed by atoms with Gasteiger partial charge in [-0.15, -0.1) is 10.2 Å². The van der Waals surface area contributed by atoms with Gasteiger partial charge in [-0.1, -0.05) is 37.3 Å². The maximum atomic E-state index is 4.63. The van der Waals surface area contributed by atoms with E-state index in [1.165, 1.54) is 5.56 Å². The predicted octanol–water partition coefficient (Wildman–Crippen LogP) is 2.84. The zero-order valence-corrected chi connectivity index (χ0v) is 14.2. The van der Waals surface area contributed by atoms with Gasteiger partial charge < -0.3 is 10.2 Å². The van der Waals surface area contributed by atoms with E-state index in [-0.39, 0.29) is 5.92 Å². The third-order valence-corrected chi connectivity index (χ3v) is 4.59. The molecule has 0 radical (unpaired) electrons. The fourth-order valence-corrected chi connectivity index (χ4v) is 3.06. The molecule has 0 saturated carbocycles. The molecular formula is C18H25N5. The summed E-state index contributed by atoms with van der Waals surface area (Å²) in [6.45, 7) is 6.30. The van der Waals surface area contributed by atoms with Crippen molar-refractivity contribution < 1.29 is 0 Å². The number of benzene rings is 1. The van der Waals surface area contributed by atoms with E-state index in [0.29, 0.717) is 11.9 Å². The Hall–Kier alpha value is -2.01. The summed E-state index contributed by atoms with van der Waals surface area (Å²) in [6.07, 6.45) is 2.28. The average Bonchev–Trinajstić information content (AvgIpc) is 2.57. The second-order valence-corrected chi connectivity index (χ2v) is 6.45. The van der Waals surface area contributed by atoms with E-state index in [4.69, 9.17) is 0 Å². The van der Waals surface area contributed by atoms with Crippen molar-refractivity contribution in [1.82, 2.24) is 20.1 Å². The highest BCUT2D eigenvalue weighted by molar-refractivity contribution is 5.46. The highest BCUT2D eigenvalue weighted by Gasteiger charge is 2.21. The van der Waals surface area contributed by atoms with Crippen LogP contribution in [0.15, 0.2) is 30.3 Å². The molecule has 2 aromatic rings. The maximum Gasteiger partial charge on any atom is 0.152 e. The maximum absolute atomic E-state index is 4.63. The van der Waals surface area contributed by atoms with E-state index in [9.17, 15) is 0 Å². The Balaban J connectivity index is 1.83. The van der Waals surface area contributed by atoms with Crippen LogP contribution >= 0.6 is 0 Å². The van der Waals surface area contributed by atoms with Crippen LogP contribution in [0.25, 0.3) is 0 Å². The van der Waals surface area contributed by atoms with Gasteiger partial charge in [0.05, 0.1) is 0 Å². The third-order valence-electron chi connectivity index (χ3n) is 4.59. The fraction of sp³-hybridized carbons (Fsp3) is 0.500. The first-order chi connectivity index (χ1) is 11.1. The summed E-state index contributed by atoms with van der Waals surface area (Å²) in [7, 11) is 2.18. The molecule has 1 aliphatic rings. The summed E-state index contributed by atoms with van der Waals surface area (Å²) in [5.74, 6) is 1.78. The number of aryl methyl sites for hydroxylation is 1. The molecule has 1 aliphatic heterocycles. The van der Waals surface area contributed by atoms with Gasteiger partial charge in [0.25, 0.3) is 0 Å². The molecule has 0 spiro atoms. The van der Waals surface area contributed by atoms with Crippen LogP contribution in [0.3, 0.4) is 0 Å². The molecule has 0 aliphatic carbocycles. The second kappa shape index (κ2) is 7.04. The summed E-state index contributed by atoms with van der Waals surface area (Å²) < 4.78 is 0. The Morgan fingerprint density at radius 2 is 1.83 bits per heavy atom. The Bertz CT molecular complexity index is 635. The van der Waals surface area contributed by atoms with E-state index in [2.05, 4.69) is 63.6 Å². The molecule has 2 heterocycles. The van der Waals surface area contributed by atoms with Crippen molar-refractivity contribution in [3.8, 4) is 0 Å². The van der Waals surface area contributed by atoms with Crippen LogP contribution in [0.5, 0.6) is 0 Å². The van der Waals surface area contributed by atoms with Crippen molar-refractivity contribution in [1.29, 1.82) is 0 Å². The molecule has 1 N–H and O–H groups in total. The molecule has 122 valence electrons. The molecule has 3 rings (SSSR count). The molecule has 1 aromatic heterocycles. The first-order valence-corrected chi connectivity index (χ1v) is 8.34. The predicted molar refractivity (Wildman–Crippen MR) is 92.7 cm³/mol. The van der Waals surface area contributed by atoms with Gasteiger partial charge in [-0.25, -0.2) is 4.98 Å². The van der Waals surface area contributed by atoms with E-state index < -0.39 is 0 Å². The molecule has 1 aromatic carbocycles. The van der Waals surface area contributed by atoms with Gasteiger partial charge in [-0.3, -0.25) is 0 Å². The van der Waals surface area contributed by atoms with Gasteiger partial charge in [-0.2, -0.15) is 0 Å². The number of nitrogens with zero attached hydrogens (tertiary/aromatic N) is 4. The van der Waals surface area contributed by atoms with Crippen molar-refractivity contribution in [2.75, 3.05) is 25.5 Å². The van der Waals surface area contributed by atoms with Crippen molar-refractivity contribution in [3.63, 3.8) is 0 Å². The van der Waals surface area contributed by atoms with Gasteiger partial charge in [0.2, 0.25) is 0 Å². The molecular weight excluding hydrogens is 286 g/mol. The average molecular weight is 311 g/mol. The number of hydrogen-bond acceptors (Lipinski definition) is 5. The summed E-state index contributed by atoms with van der Waals surface area (Å²) in [4.78, 5) is 7.00. The zero-order valence-electron chi connectivity index (χ0n) is 14.2. The molecule has 5 heteroatoms. The van der Waals surface area contributed by atoms with Crippen molar-refractivity contribution in [3.05, 3.63) is 47.4 Å². The SMILES string of the molecule is Cc1nnc(C(C)c2ccccc2)c(NC2CCN(C)CC2)n1. The van der Waals surface area contributed by atoms with Crippen LogP contribution in [0.1, 0.15) is 42.8 Å². The topological polar surface area (TPSA) is 53.9 Å². The van der Waals surface area contributed by atoms with Gasteiger partial charge >= 0.3 is 0 Å². The molecule has 1 unspecified atom stereocenters. The lowest BCUT2D eigenvalue weighted by Gasteiger charge is -2.30. The van der Waals surface area contributed by atoms with Crippen molar-refractivity contribution >= 4 is 5.82 Å². The van der Waals surface area contributed by atoms with Crippen LogP contribution in [-0.4, -0.2) is 46.3 Å². The van der Waals surface area contributed by atoms with Crippen LogP contribution in [0.2, 0.25) is 0 Å². The minimum atomic E-state index is 0.172. The minimum Gasteiger partial charge on any atom is -0.366 e. The third kappa shape index (κ3) is 3.85. The number of anilines is 1. The Morgan fingerprint density at radius 1 is 1.13 bits per heavy atom. The van der Waals surface area contributed by atoms with Gasteiger partial charge in [-0.05, 0) is 45.5 Å². The summed E-state index contributed by atoms with van der Waals surface area (Å²) in [5, 5.41) is 12.3. The number of likely N-dealkylation sites (tertiary alicyclic amines) is 1. The largest absolute Gasteiger partial charge is 0.366 e. The number of aromatic nitrogens is 3. The minimum absolute atomic E-state index is 0.172. The quantitative estimate of drug-likeness (QED) is 0.941. The van der Waals surface area contributed by atoms with E-state index in [1.807, 2.05) is 13.0 Å². The highest BCUT2D eigenvalue weighted by atomic mass is 15.2. The molecule has 1 atom stereocenters. The zero-order chi connectivity index (χ0) is 16.2. The van der Waals surface area contributed by atoms with Crippen LogP contribution in [0, 0.1) is 6.92 Å². The molecule has 23 heavy (non-hydrogen) atoms. The number of piperidine rings is 1. The lowest BCUT2D eigenvalue weighted by Crippen LogP contribution is -2.37. The lowest BCUT2D eigenvalue weighted by molar-refractivity contribution is 0.263. The van der Waals surface area contributed by atoms with Crippen LogP contribution in [-0.2, 0) is 0 Å².